The third-order valence-corrected chi connectivity index (χ3v) is 4.40. The summed E-state index contributed by atoms with van der Waals surface area (Å²) in [5.74, 6) is 0.968. The van der Waals surface area contributed by atoms with Gasteiger partial charge in [-0.25, -0.2) is 0 Å². The van der Waals surface area contributed by atoms with Crippen LogP contribution >= 0.6 is 0 Å². The van der Waals surface area contributed by atoms with Crippen LogP contribution < -0.4 is 10.1 Å². The van der Waals surface area contributed by atoms with E-state index in [-0.39, 0.29) is 5.41 Å². The maximum Gasteiger partial charge on any atom is 0.128 e. The second-order valence-corrected chi connectivity index (χ2v) is 6.20. The highest BCUT2D eigenvalue weighted by Gasteiger charge is 2.35. The van der Waals surface area contributed by atoms with Crippen LogP contribution in [0.3, 0.4) is 0 Å². The molecule has 21 heavy (non-hydrogen) atoms. The molecule has 0 saturated carbocycles. The van der Waals surface area contributed by atoms with Gasteiger partial charge in [0, 0.05) is 41.6 Å². The molecule has 1 aromatic heterocycles. The van der Waals surface area contributed by atoms with Crippen LogP contribution in [0.4, 0.5) is 0 Å². The first-order valence-electron chi connectivity index (χ1n) is 7.89. The number of hydrogen-bond donors (Lipinski definition) is 1. The highest BCUT2D eigenvalue weighted by molar-refractivity contribution is 5.41. The van der Waals surface area contributed by atoms with Crippen molar-refractivity contribution in [3.8, 4) is 5.75 Å². The Bertz CT molecular complexity index is 468. The zero-order chi connectivity index (χ0) is 15.3. The summed E-state index contributed by atoms with van der Waals surface area (Å²) >= 11 is 0. The van der Waals surface area contributed by atoms with Crippen LogP contribution in [0.15, 0.2) is 6.20 Å². The standard InChI is InChI=1S/C17H28N2O2/c1-5-7-18-11-17(6-8-21-12-17)9-15-14(3)16(20-4)13(2)10-19-15/h10,18H,5-9,11-12H2,1-4H3. The van der Waals surface area contributed by atoms with Crippen molar-refractivity contribution in [2.24, 2.45) is 5.41 Å². The smallest absolute Gasteiger partial charge is 0.128 e. The summed E-state index contributed by atoms with van der Waals surface area (Å²) in [5.41, 5.74) is 3.58. The molecule has 1 atom stereocenters. The molecule has 1 N–H and O–H groups in total. The molecular weight excluding hydrogens is 264 g/mol. The lowest BCUT2D eigenvalue weighted by Gasteiger charge is -2.28. The molecule has 4 heteroatoms. The van der Waals surface area contributed by atoms with Gasteiger partial charge in [0.25, 0.3) is 0 Å². The van der Waals surface area contributed by atoms with Crippen LogP contribution in [-0.2, 0) is 11.2 Å². The van der Waals surface area contributed by atoms with Gasteiger partial charge in [-0.15, -0.1) is 0 Å². The molecule has 0 spiro atoms. The molecule has 0 amide bonds. The largest absolute Gasteiger partial charge is 0.496 e. The summed E-state index contributed by atoms with van der Waals surface area (Å²) < 4.78 is 11.2. The van der Waals surface area contributed by atoms with Crippen molar-refractivity contribution in [1.82, 2.24) is 10.3 Å². The third-order valence-electron chi connectivity index (χ3n) is 4.40. The first-order chi connectivity index (χ1) is 10.1. The van der Waals surface area contributed by atoms with Gasteiger partial charge in [0.1, 0.15) is 5.75 Å². The number of aryl methyl sites for hydroxylation is 1. The van der Waals surface area contributed by atoms with Crippen LogP contribution in [0.5, 0.6) is 5.75 Å². The number of rotatable bonds is 7. The number of nitrogens with zero attached hydrogens (tertiary/aromatic N) is 1. The lowest BCUT2D eigenvalue weighted by Crippen LogP contribution is -2.37. The molecule has 0 bridgehead atoms. The normalized spacial score (nSPS) is 21.7. The van der Waals surface area contributed by atoms with Crippen molar-refractivity contribution in [2.75, 3.05) is 33.4 Å². The summed E-state index contributed by atoms with van der Waals surface area (Å²) in [6.07, 6.45) is 5.13. The number of aromatic nitrogens is 1. The van der Waals surface area contributed by atoms with Gasteiger partial charge in [0.15, 0.2) is 0 Å². The Morgan fingerprint density at radius 1 is 1.43 bits per heavy atom. The maximum atomic E-state index is 5.68. The van der Waals surface area contributed by atoms with Gasteiger partial charge in [-0.3, -0.25) is 4.98 Å². The van der Waals surface area contributed by atoms with Crippen LogP contribution in [0, 0.1) is 19.3 Å². The molecular formula is C17H28N2O2. The minimum absolute atomic E-state index is 0.174. The van der Waals surface area contributed by atoms with Gasteiger partial charge >= 0.3 is 0 Å². The lowest BCUT2D eigenvalue weighted by atomic mass is 9.81. The van der Waals surface area contributed by atoms with Crippen LogP contribution in [0.2, 0.25) is 0 Å². The van der Waals surface area contributed by atoms with Gasteiger partial charge in [0.05, 0.1) is 13.7 Å². The third kappa shape index (κ3) is 3.74. The maximum absolute atomic E-state index is 5.68. The fraction of sp³-hybridized carbons (Fsp3) is 0.706. The van der Waals surface area contributed by atoms with E-state index in [1.54, 1.807) is 7.11 Å². The molecule has 2 heterocycles. The molecule has 1 unspecified atom stereocenters. The van der Waals surface area contributed by atoms with E-state index >= 15 is 0 Å². The predicted octanol–water partition coefficient (Wildman–Crippen LogP) is 2.66. The van der Waals surface area contributed by atoms with Crippen molar-refractivity contribution < 1.29 is 9.47 Å². The van der Waals surface area contributed by atoms with Gasteiger partial charge < -0.3 is 14.8 Å². The van der Waals surface area contributed by atoms with E-state index in [2.05, 4.69) is 24.1 Å². The topological polar surface area (TPSA) is 43.4 Å². The van der Waals surface area contributed by atoms with E-state index in [1.807, 2.05) is 13.1 Å². The molecule has 4 nitrogen and oxygen atoms in total. The Hall–Kier alpha value is -1.13. The van der Waals surface area contributed by atoms with E-state index in [1.165, 1.54) is 5.56 Å². The first kappa shape index (κ1) is 16.2. The van der Waals surface area contributed by atoms with E-state index < -0.39 is 0 Å². The second-order valence-electron chi connectivity index (χ2n) is 6.20. The lowest BCUT2D eigenvalue weighted by molar-refractivity contribution is 0.148. The minimum Gasteiger partial charge on any atom is -0.496 e. The van der Waals surface area contributed by atoms with Gasteiger partial charge in [0.2, 0.25) is 0 Å². The highest BCUT2D eigenvalue weighted by atomic mass is 16.5. The monoisotopic (exact) mass is 292 g/mol. The van der Waals surface area contributed by atoms with Crippen molar-refractivity contribution in [3.63, 3.8) is 0 Å². The molecule has 0 radical (unpaired) electrons. The summed E-state index contributed by atoms with van der Waals surface area (Å²) in [6.45, 7) is 10.1. The number of pyridine rings is 1. The summed E-state index contributed by atoms with van der Waals surface area (Å²) in [4.78, 5) is 4.66. The molecule has 1 aliphatic heterocycles. The van der Waals surface area contributed by atoms with E-state index in [0.717, 1.165) is 62.6 Å². The Balaban J connectivity index is 2.17. The average Bonchev–Trinajstić information content (AvgIpc) is 2.92. The van der Waals surface area contributed by atoms with Crippen molar-refractivity contribution >= 4 is 0 Å². The molecule has 1 aromatic rings. The van der Waals surface area contributed by atoms with Gasteiger partial charge in [-0.2, -0.15) is 0 Å². The molecule has 2 rings (SSSR count). The van der Waals surface area contributed by atoms with E-state index in [0.29, 0.717) is 0 Å². The van der Waals surface area contributed by atoms with Crippen LogP contribution in [0.1, 0.15) is 36.6 Å². The predicted molar refractivity (Wildman–Crippen MR) is 85.0 cm³/mol. The number of ether oxygens (including phenoxy) is 2. The highest BCUT2D eigenvalue weighted by Crippen LogP contribution is 2.34. The molecule has 1 aliphatic rings. The zero-order valence-electron chi connectivity index (χ0n) is 13.8. The number of nitrogens with one attached hydrogen (secondary N) is 1. The molecule has 1 fully saturated rings. The molecule has 118 valence electrons. The zero-order valence-corrected chi connectivity index (χ0v) is 13.8. The SMILES string of the molecule is CCCNCC1(Cc2ncc(C)c(OC)c2C)CCOC1. The quantitative estimate of drug-likeness (QED) is 0.785. The molecule has 0 aliphatic carbocycles. The van der Waals surface area contributed by atoms with E-state index in [4.69, 9.17) is 9.47 Å². The number of hydrogen-bond acceptors (Lipinski definition) is 4. The average molecular weight is 292 g/mol. The first-order valence-corrected chi connectivity index (χ1v) is 7.89. The summed E-state index contributed by atoms with van der Waals surface area (Å²) in [5, 5.41) is 3.56. The van der Waals surface area contributed by atoms with Crippen LogP contribution in [-0.4, -0.2) is 38.4 Å². The van der Waals surface area contributed by atoms with E-state index in [9.17, 15) is 0 Å². The summed E-state index contributed by atoms with van der Waals surface area (Å²) in [7, 11) is 1.73. The Morgan fingerprint density at radius 3 is 2.86 bits per heavy atom. The van der Waals surface area contributed by atoms with Gasteiger partial charge in [-0.05, 0) is 39.7 Å². The van der Waals surface area contributed by atoms with Crippen molar-refractivity contribution in [1.29, 1.82) is 0 Å². The Kier molecular flexibility index (Phi) is 5.59. The second kappa shape index (κ2) is 7.23. The summed E-state index contributed by atoms with van der Waals surface area (Å²) in [6, 6.07) is 0. The minimum atomic E-state index is 0.174. The van der Waals surface area contributed by atoms with Crippen molar-refractivity contribution in [2.45, 2.75) is 40.0 Å². The fourth-order valence-corrected chi connectivity index (χ4v) is 3.13. The molecule has 0 aromatic carbocycles. The Morgan fingerprint density at radius 2 is 2.24 bits per heavy atom. The Labute approximate surface area is 128 Å². The fourth-order valence-electron chi connectivity index (χ4n) is 3.13. The van der Waals surface area contributed by atoms with Gasteiger partial charge in [-0.1, -0.05) is 6.92 Å². The van der Waals surface area contributed by atoms with Crippen molar-refractivity contribution in [3.05, 3.63) is 23.0 Å². The van der Waals surface area contributed by atoms with Crippen LogP contribution in [0.25, 0.3) is 0 Å². The number of methoxy groups -OCH3 is 1. The molecule has 1 saturated heterocycles.